The number of nitriles is 1. The van der Waals surface area contributed by atoms with Crippen LogP contribution in [0.3, 0.4) is 0 Å². The van der Waals surface area contributed by atoms with Crippen molar-refractivity contribution in [1.29, 1.82) is 5.26 Å². The van der Waals surface area contributed by atoms with Crippen LogP contribution in [0.5, 0.6) is 11.5 Å². The van der Waals surface area contributed by atoms with Crippen molar-refractivity contribution < 1.29 is 18.7 Å². The summed E-state index contributed by atoms with van der Waals surface area (Å²) in [5.74, 6) is 0.112. The lowest BCUT2D eigenvalue weighted by atomic mass is 10.0. The summed E-state index contributed by atoms with van der Waals surface area (Å²) in [7, 11) is 0. The molecule has 3 aromatic rings. The first kappa shape index (κ1) is 26.5. The molecule has 0 spiro atoms. The molecule has 0 aliphatic carbocycles. The molecular formula is C29H26ClFN2O3. The Hall–Kier alpha value is -4.08. The fourth-order valence-corrected chi connectivity index (χ4v) is 3.60. The Labute approximate surface area is 215 Å². The van der Waals surface area contributed by atoms with Crippen LogP contribution in [0.15, 0.2) is 72.8 Å². The number of carbonyl (C=O) groups excluding carboxylic acids is 1. The van der Waals surface area contributed by atoms with Crippen LogP contribution < -0.4 is 14.8 Å². The highest BCUT2D eigenvalue weighted by molar-refractivity contribution is 6.31. The molecule has 0 fully saturated rings. The average molecular weight is 505 g/mol. The minimum absolute atomic E-state index is 0.0846. The zero-order chi connectivity index (χ0) is 26.1. The molecule has 0 saturated heterocycles. The summed E-state index contributed by atoms with van der Waals surface area (Å²) in [6.45, 7) is 8.12. The largest absolute Gasteiger partial charge is 0.490 e. The van der Waals surface area contributed by atoms with Crippen molar-refractivity contribution >= 4 is 29.3 Å². The number of nitrogens with one attached hydrogen (secondary N) is 1. The number of anilines is 1. The monoisotopic (exact) mass is 504 g/mol. The highest BCUT2D eigenvalue weighted by Gasteiger charge is 2.16. The van der Waals surface area contributed by atoms with Gasteiger partial charge in [0.15, 0.2) is 11.5 Å². The number of nitrogens with zero attached hydrogens (tertiary/aromatic N) is 1. The topological polar surface area (TPSA) is 71.4 Å². The van der Waals surface area contributed by atoms with Gasteiger partial charge in [0.1, 0.15) is 24.1 Å². The number of allylic oxidation sites excluding steroid dienone is 1. The number of aryl methyl sites for hydroxylation is 1. The van der Waals surface area contributed by atoms with Crippen LogP contribution in [0, 0.1) is 24.1 Å². The van der Waals surface area contributed by atoms with Crippen LogP contribution in [-0.2, 0) is 17.8 Å². The van der Waals surface area contributed by atoms with Gasteiger partial charge in [-0.25, -0.2) is 4.39 Å². The molecule has 1 amide bonds. The molecule has 0 aliphatic heterocycles. The van der Waals surface area contributed by atoms with Crippen molar-refractivity contribution in [3.05, 3.63) is 106 Å². The lowest BCUT2D eigenvalue weighted by Crippen LogP contribution is -2.13. The second-order valence-corrected chi connectivity index (χ2v) is 8.34. The molecule has 0 aromatic heterocycles. The maximum Gasteiger partial charge on any atom is 0.266 e. The molecule has 5 nitrogen and oxygen atoms in total. The van der Waals surface area contributed by atoms with Gasteiger partial charge in [0.25, 0.3) is 5.91 Å². The highest BCUT2D eigenvalue weighted by atomic mass is 35.5. The van der Waals surface area contributed by atoms with Crippen LogP contribution >= 0.6 is 11.6 Å². The molecule has 0 radical (unpaired) electrons. The number of ether oxygens (including phenoxy) is 2. The van der Waals surface area contributed by atoms with Crippen LogP contribution in [-0.4, -0.2) is 12.5 Å². The van der Waals surface area contributed by atoms with Crippen LogP contribution in [0.1, 0.15) is 29.2 Å². The Morgan fingerprint density at radius 2 is 1.92 bits per heavy atom. The molecular weight excluding hydrogens is 479 g/mol. The molecule has 3 aromatic carbocycles. The lowest BCUT2D eigenvalue weighted by Gasteiger charge is -2.17. The SMILES string of the molecule is C=CCc1cc(/C=C(/C#N)C(=O)Nc2ccc(C)c(Cl)c2)cc(OCC)c1OCc1ccc(F)cc1. The van der Waals surface area contributed by atoms with E-state index in [0.29, 0.717) is 40.8 Å². The number of hydrogen-bond acceptors (Lipinski definition) is 4. The fraction of sp³-hybridized carbons (Fsp3) is 0.172. The minimum Gasteiger partial charge on any atom is -0.490 e. The van der Waals surface area contributed by atoms with Crippen LogP contribution in [0.2, 0.25) is 5.02 Å². The molecule has 3 rings (SSSR count). The van der Waals surface area contributed by atoms with Gasteiger partial charge in [0, 0.05) is 16.3 Å². The Kier molecular flexibility index (Phi) is 9.26. The van der Waals surface area contributed by atoms with E-state index >= 15 is 0 Å². The average Bonchev–Trinajstić information content (AvgIpc) is 2.85. The highest BCUT2D eigenvalue weighted by Crippen LogP contribution is 2.35. The van der Waals surface area contributed by atoms with E-state index in [-0.39, 0.29) is 18.0 Å². The van der Waals surface area contributed by atoms with E-state index in [4.69, 9.17) is 21.1 Å². The third-order valence-electron chi connectivity index (χ3n) is 5.22. The second kappa shape index (κ2) is 12.6. The Balaban J connectivity index is 1.92. The van der Waals surface area contributed by atoms with E-state index in [1.54, 1.807) is 42.5 Å². The van der Waals surface area contributed by atoms with Gasteiger partial charge >= 0.3 is 0 Å². The first-order valence-electron chi connectivity index (χ1n) is 11.3. The summed E-state index contributed by atoms with van der Waals surface area (Å²) >= 11 is 6.14. The van der Waals surface area contributed by atoms with Gasteiger partial charge < -0.3 is 14.8 Å². The smallest absolute Gasteiger partial charge is 0.266 e. The molecule has 0 atom stereocenters. The number of benzene rings is 3. The van der Waals surface area contributed by atoms with Gasteiger partial charge in [-0.05, 0) is 79.4 Å². The predicted octanol–water partition coefficient (Wildman–Crippen LogP) is 7.04. The van der Waals surface area contributed by atoms with Crippen molar-refractivity contribution in [3.63, 3.8) is 0 Å². The first-order valence-corrected chi connectivity index (χ1v) is 11.7. The molecule has 0 bridgehead atoms. The molecule has 0 saturated carbocycles. The van der Waals surface area contributed by atoms with Gasteiger partial charge in [-0.15, -0.1) is 6.58 Å². The van der Waals surface area contributed by atoms with E-state index in [9.17, 15) is 14.4 Å². The number of halogens is 2. The standard InChI is InChI=1S/C29H26ClFN2O3/c1-4-6-22-13-21(14-23(17-32)29(34)33-25-12-7-19(3)26(30)16-25)15-27(35-5-2)28(22)36-18-20-8-10-24(31)11-9-20/h4,7-16H,1,5-6,18H2,2-3H3,(H,33,34)/b23-14-. The van der Waals surface area contributed by atoms with Crippen molar-refractivity contribution in [2.45, 2.75) is 26.9 Å². The van der Waals surface area contributed by atoms with Crippen molar-refractivity contribution in [2.75, 3.05) is 11.9 Å². The zero-order valence-corrected chi connectivity index (χ0v) is 20.9. The predicted molar refractivity (Wildman–Crippen MR) is 141 cm³/mol. The number of carbonyl (C=O) groups is 1. The van der Waals surface area contributed by atoms with Crippen LogP contribution in [0.4, 0.5) is 10.1 Å². The lowest BCUT2D eigenvalue weighted by molar-refractivity contribution is -0.112. The van der Waals surface area contributed by atoms with E-state index in [2.05, 4.69) is 11.9 Å². The van der Waals surface area contributed by atoms with Gasteiger partial charge in [0.05, 0.1) is 6.61 Å². The van der Waals surface area contributed by atoms with E-state index < -0.39 is 5.91 Å². The van der Waals surface area contributed by atoms with Gasteiger partial charge in [-0.1, -0.05) is 35.9 Å². The maximum atomic E-state index is 13.2. The van der Waals surface area contributed by atoms with E-state index in [1.165, 1.54) is 18.2 Å². The number of rotatable bonds is 10. The van der Waals surface area contributed by atoms with Crippen molar-refractivity contribution in [2.24, 2.45) is 0 Å². The van der Waals surface area contributed by atoms with E-state index in [0.717, 1.165) is 16.7 Å². The quantitative estimate of drug-likeness (QED) is 0.182. The molecule has 1 N–H and O–H groups in total. The first-order chi connectivity index (χ1) is 17.3. The summed E-state index contributed by atoms with van der Waals surface area (Å²) < 4.78 is 25.1. The molecule has 184 valence electrons. The molecule has 7 heteroatoms. The molecule has 0 aliphatic rings. The maximum absolute atomic E-state index is 13.2. The fourth-order valence-electron chi connectivity index (χ4n) is 3.42. The summed E-state index contributed by atoms with van der Waals surface area (Å²) in [6, 6.07) is 16.7. The summed E-state index contributed by atoms with van der Waals surface area (Å²) in [4.78, 5) is 12.8. The molecule has 36 heavy (non-hydrogen) atoms. The van der Waals surface area contributed by atoms with Crippen molar-refractivity contribution in [3.8, 4) is 17.6 Å². The molecule has 0 unspecified atom stereocenters. The number of amides is 1. The Bertz CT molecular complexity index is 1330. The Morgan fingerprint density at radius 1 is 1.17 bits per heavy atom. The zero-order valence-electron chi connectivity index (χ0n) is 20.1. The van der Waals surface area contributed by atoms with Gasteiger partial charge in [-0.2, -0.15) is 5.26 Å². The Morgan fingerprint density at radius 3 is 2.56 bits per heavy atom. The second-order valence-electron chi connectivity index (χ2n) is 7.94. The van der Waals surface area contributed by atoms with Crippen LogP contribution in [0.25, 0.3) is 6.08 Å². The normalized spacial score (nSPS) is 10.9. The van der Waals surface area contributed by atoms with Gasteiger partial charge in [0.2, 0.25) is 0 Å². The summed E-state index contributed by atoms with van der Waals surface area (Å²) in [5, 5.41) is 12.9. The molecule has 0 heterocycles. The third kappa shape index (κ3) is 6.97. The number of hydrogen-bond donors (Lipinski definition) is 1. The summed E-state index contributed by atoms with van der Waals surface area (Å²) in [6.07, 6.45) is 3.68. The van der Waals surface area contributed by atoms with Gasteiger partial charge in [-0.3, -0.25) is 4.79 Å². The summed E-state index contributed by atoms with van der Waals surface area (Å²) in [5.41, 5.74) is 3.45. The van der Waals surface area contributed by atoms with Crippen molar-refractivity contribution in [1.82, 2.24) is 0 Å². The minimum atomic E-state index is -0.558. The van der Waals surface area contributed by atoms with E-state index in [1.807, 2.05) is 26.0 Å². The third-order valence-corrected chi connectivity index (χ3v) is 5.63.